The van der Waals surface area contributed by atoms with Crippen LogP contribution in [0.1, 0.15) is 12.6 Å². The van der Waals surface area contributed by atoms with E-state index in [1.165, 1.54) is 25.3 Å². The van der Waals surface area contributed by atoms with Gasteiger partial charge in [-0.2, -0.15) is 5.10 Å². The summed E-state index contributed by atoms with van der Waals surface area (Å²) in [5.74, 6) is -0.405. The van der Waals surface area contributed by atoms with Crippen LogP contribution in [0.4, 0.5) is 4.39 Å². The largest absolute Gasteiger partial charge is 0.494 e. The Morgan fingerprint density at radius 1 is 1.21 bits per heavy atom. The van der Waals surface area contributed by atoms with Crippen LogP contribution in [-0.4, -0.2) is 25.3 Å². The highest BCUT2D eigenvalue weighted by atomic mass is 32.2. The van der Waals surface area contributed by atoms with E-state index < -0.39 is 15.8 Å². The molecule has 146 valence electrons. The van der Waals surface area contributed by atoms with E-state index in [1.54, 1.807) is 41.2 Å². The molecule has 0 radical (unpaired) electrons. The summed E-state index contributed by atoms with van der Waals surface area (Å²) in [6, 6.07) is 10.9. The fourth-order valence-electron chi connectivity index (χ4n) is 3.07. The number of rotatable bonds is 5. The number of benzene rings is 2. The summed E-state index contributed by atoms with van der Waals surface area (Å²) < 4.78 is 45.1. The van der Waals surface area contributed by atoms with Gasteiger partial charge in [-0.1, -0.05) is 30.3 Å². The van der Waals surface area contributed by atoms with E-state index in [2.05, 4.69) is 5.10 Å². The number of primary sulfonamides is 1. The molecule has 2 N–H and O–H groups in total. The molecule has 8 heteroatoms. The van der Waals surface area contributed by atoms with Crippen LogP contribution in [0.3, 0.4) is 0 Å². The van der Waals surface area contributed by atoms with Gasteiger partial charge in [0.25, 0.3) is 0 Å². The molecule has 0 atom stereocenters. The first-order valence-electron chi connectivity index (χ1n) is 8.46. The van der Waals surface area contributed by atoms with Crippen molar-refractivity contribution in [2.75, 3.05) is 7.11 Å². The minimum Gasteiger partial charge on any atom is -0.494 e. The van der Waals surface area contributed by atoms with E-state index in [-0.39, 0.29) is 10.6 Å². The number of hydrogen-bond acceptors (Lipinski definition) is 4. The lowest BCUT2D eigenvalue weighted by molar-refractivity contribution is 0.386. The molecule has 0 amide bonds. The van der Waals surface area contributed by atoms with E-state index >= 15 is 0 Å². The van der Waals surface area contributed by atoms with Gasteiger partial charge in [-0.25, -0.2) is 22.6 Å². The molecule has 1 heterocycles. The molecule has 0 aliphatic heterocycles. The second-order valence-electron chi connectivity index (χ2n) is 6.13. The van der Waals surface area contributed by atoms with Crippen molar-refractivity contribution >= 4 is 16.2 Å². The number of nitrogens with two attached hydrogens (primary N) is 1. The number of ether oxygens (including phenoxy) is 1. The summed E-state index contributed by atoms with van der Waals surface area (Å²) in [4.78, 5) is -0.0460. The van der Waals surface area contributed by atoms with E-state index in [1.807, 2.05) is 13.8 Å². The third-order valence-corrected chi connectivity index (χ3v) is 5.30. The molecule has 0 bridgehead atoms. The van der Waals surface area contributed by atoms with Crippen LogP contribution in [0.25, 0.3) is 28.6 Å². The summed E-state index contributed by atoms with van der Waals surface area (Å²) in [5.41, 5.74) is 2.62. The Morgan fingerprint density at radius 2 is 1.93 bits per heavy atom. The zero-order valence-electron chi connectivity index (χ0n) is 15.7. The Balaban J connectivity index is 2.35. The van der Waals surface area contributed by atoms with E-state index in [0.717, 1.165) is 5.69 Å². The molecular weight excluding hydrogens is 381 g/mol. The summed E-state index contributed by atoms with van der Waals surface area (Å²) in [7, 11) is -2.59. The number of aromatic nitrogens is 2. The molecule has 0 saturated carbocycles. The van der Waals surface area contributed by atoms with Crippen LogP contribution < -0.4 is 9.88 Å². The van der Waals surface area contributed by atoms with Crippen LogP contribution in [-0.2, 0) is 10.0 Å². The molecule has 0 aliphatic rings. The molecule has 0 saturated heterocycles. The van der Waals surface area contributed by atoms with Gasteiger partial charge in [0.15, 0.2) is 11.6 Å². The highest BCUT2D eigenvalue weighted by Crippen LogP contribution is 2.38. The van der Waals surface area contributed by atoms with Crippen molar-refractivity contribution < 1.29 is 17.5 Å². The maximum atomic E-state index is 14.3. The highest BCUT2D eigenvalue weighted by Gasteiger charge is 2.23. The topological polar surface area (TPSA) is 87.2 Å². The van der Waals surface area contributed by atoms with Crippen LogP contribution in [0.5, 0.6) is 5.75 Å². The van der Waals surface area contributed by atoms with Gasteiger partial charge in [0.2, 0.25) is 10.0 Å². The highest BCUT2D eigenvalue weighted by molar-refractivity contribution is 7.89. The molecule has 1 aromatic heterocycles. The molecule has 3 rings (SSSR count). The van der Waals surface area contributed by atoms with Gasteiger partial charge in [-0.3, -0.25) is 0 Å². The number of allylic oxidation sites excluding steroid dienone is 1. The molecular formula is C20H20FN3O3S. The van der Waals surface area contributed by atoms with Crippen molar-refractivity contribution in [1.82, 2.24) is 9.78 Å². The van der Waals surface area contributed by atoms with Crippen molar-refractivity contribution in [3.05, 3.63) is 60.1 Å². The summed E-state index contributed by atoms with van der Waals surface area (Å²) in [6.45, 7) is 3.67. The zero-order valence-corrected chi connectivity index (χ0v) is 16.5. The van der Waals surface area contributed by atoms with Gasteiger partial charge in [0, 0.05) is 23.0 Å². The Hall–Kier alpha value is -2.97. The van der Waals surface area contributed by atoms with E-state index in [4.69, 9.17) is 9.88 Å². The van der Waals surface area contributed by atoms with Crippen molar-refractivity contribution in [2.45, 2.75) is 18.7 Å². The normalized spacial score (nSPS) is 11.9. The second kappa shape index (κ2) is 7.57. The van der Waals surface area contributed by atoms with Gasteiger partial charge in [-0.15, -0.1) is 0 Å². The summed E-state index contributed by atoms with van der Waals surface area (Å²) in [5, 5.41) is 9.95. The molecule has 0 aliphatic carbocycles. The van der Waals surface area contributed by atoms with Crippen molar-refractivity contribution in [3.8, 4) is 28.1 Å². The van der Waals surface area contributed by atoms with Gasteiger partial charge < -0.3 is 4.74 Å². The van der Waals surface area contributed by atoms with Crippen molar-refractivity contribution in [2.24, 2.45) is 5.14 Å². The van der Waals surface area contributed by atoms with E-state index in [0.29, 0.717) is 22.4 Å². The average molecular weight is 401 g/mol. The lowest BCUT2D eigenvalue weighted by Gasteiger charge is -2.10. The minimum absolute atomic E-state index is 0.0460. The maximum Gasteiger partial charge on any atom is 0.238 e. The monoisotopic (exact) mass is 401 g/mol. The first kappa shape index (κ1) is 19.8. The summed E-state index contributed by atoms with van der Waals surface area (Å²) in [6.07, 6.45) is 3.54. The van der Waals surface area contributed by atoms with Crippen molar-refractivity contribution in [3.63, 3.8) is 0 Å². The summed E-state index contributed by atoms with van der Waals surface area (Å²) >= 11 is 0. The number of sulfonamides is 1. The second-order valence-corrected chi connectivity index (χ2v) is 7.66. The van der Waals surface area contributed by atoms with Crippen LogP contribution in [0.2, 0.25) is 0 Å². The first-order chi connectivity index (χ1) is 13.3. The molecule has 0 fully saturated rings. The number of nitrogens with zero attached hydrogens (tertiary/aromatic N) is 2. The molecule has 28 heavy (non-hydrogen) atoms. The molecule has 0 unspecified atom stereocenters. The van der Waals surface area contributed by atoms with E-state index in [9.17, 15) is 12.8 Å². The fraction of sp³-hybridized carbons (Fsp3) is 0.150. The SMILES string of the molecule is CC=Cn1nc(-c2ccccc2S(N)(=O)=O)c(-c2ccc(OC)c(F)c2)c1C. The average Bonchev–Trinajstić information content (AvgIpc) is 2.97. The van der Waals surface area contributed by atoms with Gasteiger partial charge in [0.05, 0.1) is 12.0 Å². The van der Waals surface area contributed by atoms with Crippen molar-refractivity contribution in [1.29, 1.82) is 0 Å². The third-order valence-electron chi connectivity index (χ3n) is 4.33. The molecule has 2 aromatic carbocycles. The molecule has 3 aromatic rings. The standard InChI is InChI=1S/C20H20FN3O3S/c1-4-11-24-13(2)19(14-9-10-17(27-3)16(21)12-14)20(23-24)15-7-5-6-8-18(15)28(22,25)26/h4-12H,1-3H3,(H2,22,25,26). The van der Waals surface area contributed by atoms with Gasteiger partial charge in [-0.05, 0) is 37.6 Å². The minimum atomic E-state index is -3.98. The van der Waals surface area contributed by atoms with Gasteiger partial charge in [0.1, 0.15) is 5.69 Å². The van der Waals surface area contributed by atoms with Gasteiger partial charge >= 0.3 is 0 Å². The van der Waals surface area contributed by atoms with Crippen LogP contribution >= 0.6 is 0 Å². The quantitative estimate of drug-likeness (QED) is 0.704. The van der Waals surface area contributed by atoms with Crippen LogP contribution in [0, 0.1) is 12.7 Å². The maximum absolute atomic E-state index is 14.3. The Morgan fingerprint density at radius 3 is 2.54 bits per heavy atom. The molecule has 6 nitrogen and oxygen atoms in total. The van der Waals surface area contributed by atoms with Crippen LogP contribution in [0.15, 0.2) is 53.4 Å². The lowest BCUT2D eigenvalue weighted by atomic mass is 9.99. The third kappa shape index (κ3) is 3.56. The number of halogens is 1. The first-order valence-corrected chi connectivity index (χ1v) is 10.0. The predicted molar refractivity (Wildman–Crippen MR) is 107 cm³/mol. The smallest absolute Gasteiger partial charge is 0.238 e. The number of methoxy groups -OCH3 is 1. The Labute approximate surface area is 163 Å². The fourth-order valence-corrected chi connectivity index (χ4v) is 3.81. The molecule has 0 spiro atoms. The Kier molecular flexibility index (Phi) is 5.35. The predicted octanol–water partition coefficient (Wildman–Crippen LogP) is 3.81. The Bertz CT molecular complexity index is 1170. The number of hydrogen-bond donors (Lipinski definition) is 1. The zero-order chi connectivity index (χ0) is 20.5. The lowest BCUT2D eigenvalue weighted by Crippen LogP contribution is -2.13.